The van der Waals surface area contributed by atoms with E-state index in [2.05, 4.69) is 50.2 Å². The van der Waals surface area contributed by atoms with Crippen molar-refractivity contribution in [3.8, 4) is 0 Å². The Morgan fingerprint density at radius 1 is 1.20 bits per heavy atom. The van der Waals surface area contributed by atoms with E-state index in [1.54, 1.807) is 0 Å². The number of hydrogen-bond donors (Lipinski definition) is 0. The summed E-state index contributed by atoms with van der Waals surface area (Å²) in [6.07, 6.45) is 8.72. The molecule has 10 heavy (non-hydrogen) atoms. The highest BCUT2D eigenvalue weighted by Crippen LogP contribution is 2.22. The number of rotatable bonds is 1. The van der Waals surface area contributed by atoms with Gasteiger partial charge in [-0.1, -0.05) is 26.0 Å². The molecule has 0 aromatic carbocycles. The lowest BCUT2D eigenvalue weighted by Gasteiger charge is -2.24. The Morgan fingerprint density at radius 2 is 1.70 bits per heavy atom. The van der Waals surface area contributed by atoms with E-state index in [1.807, 2.05) is 0 Å². The Labute approximate surface area is 63.0 Å². The molecule has 1 aliphatic rings. The van der Waals surface area contributed by atoms with Crippen LogP contribution in [0, 0.1) is 5.41 Å². The van der Waals surface area contributed by atoms with Crippen molar-refractivity contribution in [2.24, 2.45) is 5.41 Å². The second-order valence-corrected chi connectivity index (χ2v) is 3.28. The minimum absolute atomic E-state index is 0.256. The second kappa shape index (κ2) is 2.49. The minimum atomic E-state index is 0.256. The van der Waals surface area contributed by atoms with E-state index < -0.39 is 0 Å². The first-order valence-electron chi connectivity index (χ1n) is 3.78. The molecular weight excluding hydrogens is 122 g/mol. The Balaban J connectivity index is 2.62. The van der Waals surface area contributed by atoms with E-state index in [0.717, 1.165) is 6.54 Å². The highest BCUT2D eigenvalue weighted by molar-refractivity contribution is 5.12. The molecule has 0 amide bonds. The molecular formula is C9H15N. The lowest BCUT2D eigenvalue weighted by Crippen LogP contribution is -2.16. The fourth-order valence-corrected chi connectivity index (χ4v) is 0.892. The standard InChI is InChI=1S/C9H15N/c1-4-10-7-5-9(2,3)6-8-10/h5-8H,4H2,1-3H3. The maximum atomic E-state index is 2.22. The summed E-state index contributed by atoms with van der Waals surface area (Å²) in [5.41, 5.74) is 0.256. The predicted octanol–water partition coefficient (Wildman–Crippen LogP) is 2.38. The molecule has 1 heteroatoms. The molecule has 0 aliphatic carbocycles. The van der Waals surface area contributed by atoms with Crippen LogP contribution in [0.4, 0.5) is 0 Å². The fourth-order valence-electron chi connectivity index (χ4n) is 0.892. The number of hydrogen-bond acceptors (Lipinski definition) is 1. The zero-order chi connectivity index (χ0) is 7.61. The smallest absolute Gasteiger partial charge is 0.0190 e. The SMILES string of the molecule is CCN1C=CC(C)(C)C=C1. The summed E-state index contributed by atoms with van der Waals surface area (Å²) in [5, 5.41) is 0. The molecule has 0 unspecified atom stereocenters. The average Bonchev–Trinajstić information content (AvgIpc) is 1.88. The maximum Gasteiger partial charge on any atom is 0.0190 e. The quantitative estimate of drug-likeness (QED) is 0.536. The first-order chi connectivity index (χ1) is 4.64. The van der Waals surface area contributed by atoms with Gasteiger partial charge in [-0.3, -0.25) is 0 Å². The van der Waals surface area contributed by atoms with Gasteiger partial charge in [0.25, 0.3) is 0 Å². The fraction of sp³-hybridized carbons (Fsp3) is 0.556. The minimum Gasteiger partial charge on any atom is -0.355 e. The Hall–Kier alpha value is -0.720. The summed E-state index contributed by atoms with van der Waals surface area (Å²) in [6, 6.07) is 0. The first-order valence-corrected chi connectivity index (χ1v) is 3.78. The average molecular weight is 137 g/mol. The van der Waals surface area contributed by atoms with Crippen LogP contribution in [0.15, 0.2) is 24.6 Å². The van der Waals surface area contributed by atoms with Gasteiger partial charge in [-0.15, -0.1) is 0 Å². The highest BCUT2D eigenvalue weighted by Gasteiger charge is 2.12. The predicted molar refractivity (Wildman–Crippen MR) is 44.4 cm³/mol. The van der Waals surface area contributed by atoms with Crippen molar-refractivity contribution in [1.82, 2.24) is 4.90 Å². The molecule has 1 aliphatic heterocycles. The third kappa shape index (κ3) is 1.63. The van der Waals surface area contributed by atoms with Gasteiger partial charge in [0.1, 0.15) is 0 Å². The molecule has 0 aromatic heterocycles. The van der Waals surface area contributed by atoms with Crippen molar-refractivity contribution < 1.29 is 0 Å². The van der Waals surface area contributed by atoms with Crippen LogP contribution in [0.5, 0.6) is 0 Å². The molecule has 0 N–H and O–H groups in total. The lowest BCUT2D eigenvalue weighted by atomic mass is 9.92. The van der Waals surface area contributed by atoms with Crippen LogP contribution >= 0.6 is 0 Å². The molecule has 0 atom stereocenters. The zero-order valence-electron chi connectivity index (χ0n) is 6.96. The van der Waals surface area contributed by atoms with Crippen LogP contribution in [-0.2, 0) is 0 Å². The van der Waals surface area contributed by atoms with Gasteiger partial charge in [-0.05, 0) is 6.92 Å². The van der Waals surface area contributed by atoms with Crippen LogP contribution in [0.25, 0.3) is 0 Å². The van der Waals surface area contributed by atoms with Gasteiger partial charge in [0, 0.05) is 24.4 Å². The summed E-state index contributed by atoms with van der Waals surface area (Å²) in [5.74, 6) is 0. The molecule has 0 spiro atoms. The summed E-state index contributed by atoms with van der Waals surface area (Å²) < 4.78 is 0. The third-order valence-corrected chi connectivity index (χ3v) is 1.76. The largest absolute Gasteiger partial charge is 0.355 e. The Kier molecular flexibility index (Phi) is 1.84. The summed E-state index contributed by atoms with van der Waals surface area (Å²) >= 11 is 0. The molecule has 0 aromatic rings. The molecule has 0 saturated heterocycles. The molecule has 0 fully saturated rings. The Bertz CT molecular complexity index is 150. The molecule has 0 saturated carbocycles. The third-order valence-electron chi connectivity index (χ3n) is 1.76. The van der Waals surface area contributed by atoms with E-state index in [9.17, 15) is 0 Å². The van der Waals surface area contributed by atoms with Crippen molar-refractivity contribution in [2.75, 3.05) is 6.54 Å². The van der Waals surface area contributed by atoms with Crippen LogP contribution in [-0.4, -0.2) is 11.4 Å². The van der Waals surface area contributed by atoms with E-state index in [1.165, 1.54) is 0 Å². The molecule has 1 nitrogen and oxygen atoms in total. The summed E-state index contributed by atoms with van der Waals surface area (Å²) in [4.78, 5) is 2.17. The van der Waals surface area contributed by atoms with Gasteiger partial charge >= 0.3 is 0 Å². The number of allylic oxidation sites excluding steroid dienone is 2. The lowest BCUT2D eigenvalue weighted by molar-refractivity contribution is 0.481. The molecule has 0 radical (unpaired) electrons. The van der Waals surface area contributed by atoms with Crippen LogP contribution in [0.2, 0.25) is 0 Å². The zero-order valence-corrected chi connectivity index (χ0v) is 6.96. The van der Waals surface area contributed by atoms with Gasteiger partial charge in [0.2, 0.25) is 0 Å². The maximum absolute atomic E-state index is 2.22. The first kappa shape index (κ1) is 7.39. The van der Waals surface area contributed by atoms with Crippen molar-refractivity contribution in [3.63, 3.8) is 0 Å². The summed E-state index contributed by atoms with van der Waals surface area (Å²) in [7, 11) is 0. The monoisotopic (exact) mass is 137 g/mol. The van der Waals surface area contributed by atoms with E-state index >= 15 is 0 Å². The van der Waals surface area contributed by atoms with E-state index in [0.29, 0.717) is 0 Å². The van der Waals surface area contributed by atoms with E-state index in [4.69, 9.17) is 0 Å². The molecule has 0 bridgehead atoms. The second-order valence-electron chi connectivity index (χ2n) is 3.28. The van der Waals surface area contributed by atoms with Crippen LogP contribution in [0.3, 0.4) is 0 Å². The van der Waals surface area contributed by atoms with Gasteiger partial charge in [0.15, 0.2) is 0 Å². The Morgan fingerprint density at radius 3 is 2.10 bits per heavy atom. The van der Waals surface area contributed by atoms with Gasteiger partial charge in [0.05, 0.1) is 0 Å². The van der Waals surface area contributed by atoms with Crippen LogP contribution in [0.1, 0.15) is 20.8 Å². The van der Waals surface area contributed by atoms with E-state index in [-0.39, 0.29) is 5.41 Å². The topological polar surface area (TPSA) is 3.24 Å². The number of nitrogens with zero attached hydrogens (tertiary/aromatic N) is 1. The normalized spacial score (nSPS) is 21.7. The van der Waals surface area contributed by atoms with Crippen molar-refractivity contribution in [3.05, 3.63) is 24.6 Å². The summed E-state index contributed by atoms with van der Waals surface area (Å²) in [6.45, 7) is 7.61. The van der Waals surface area contributed by atoms with Crippen molar-refractivity contribution in [1.29, 1.82) is 0 Å². The van der Waals surface area contributed by atoms with Gasteiger partial charge in [-0.2, -0.15) is 0 Å². The molecule has 56 valence electrons. The van der Waals surface area contributed by atoms with Crippen LogP contribution < -0.4 is 0 Å². The molecule has 1 rings (SSSR count). The van der Waals surface area contributed by atoms with Gasteiger partial charge in [-0.25, -0.2) is 0 Å². The van der Waals surface area contributed by atoms with Gasteiger partial charge < -0.3 is 4.90 Å². The molecule has 1 heterocycles. The highest BCUT2D eigenvalue weighted by atomic mass is 15.1. The van der Waals surface area contributed by atoms with Crippen molar-refractivity contribution in [2.45, 2.75) is 20.8 Å². The van der Waals surface area contributed by atoms with Crippen molar-refractivity contribution >= 4 is 0 Å².